The second-order valence-corrected chi connectivity index (χ2v) is 6.83. The molecule has 6 heteroatoms. The lowest BCUT2D eigenvalue weighted by Gasteiger charge is -2.34. The van der Waals surface area contributed by atoms with Crippen LogP contribution in [0.5, 0.6) is 0 Å². The summed E-state index contributed by atoms with van der Waals surface area (Å²) in [5.41, 5.74) is 0.348. The Labute approximate surface area is 152 Å². The van der Waals surface area contributed by atoms with E-state index in [-0.39, 0.29) is 12.0 Å². The number of amides is 1. The molecule has 2 fully saturated rings. The van der Waals surface area contributed by atoms with Crippen LogP contribution in [-0.2, 0) is 15.1 Å². The van der Waals surface area contributed by atoms with Crippen molar-refractivity contribution >= 4 is 5.91 Å². The Balaban J connectivity index is 1.54. The van der Waals surface area contributed by atoms with E-state index in [1.54, 1.807) is 11.0 Å². The van der Waals surface area contributed by atoms with Crippen molar-refractivity contribution in [2.24, 2.45) is 0 Å². The molecule has 4 rings (SSSR count). The van der Waals surface area contributed by atoms with Gasteiger partial charge in [0.15, 0.2) is 0 Å². The van der Waals surface area contributed by atoms with E-state index in [0.29, 0.717) is 57.1 Å². The summed E-state index contributed by atoms with van der Waals surface area (Å²) in [5.74, 6) is 0.228. The van der Waals surface area contributed by atoms with Crippen molar-refractivity contribution < 1.29 is 23.8 Å². The summed E-state index contributed by atoms with van der Waals surface area (Å²) in [6, 6.07) is 11.6. The van der Waals surface area contributed by atoms with E-state index in [9.17, 15) is 9.90 Å². The number of hydrogen-bond donors (Lipinski definition) is 1. The molecule has 2 aliphatic heterocycles. The maximum absolute atomic E-state index is 13.1. The van der Waals surface area contributed by atoms with Gasteiger partial charge in [0.05, 0.1) is 25.0 Å². The number of ether oxygens (including phenoxy) is 2. The highest BCUT2D eigenvalue weighted by molar-refractivity contribution is 5.95. The zero-order valence-electron chi connectivity index (χ0n) is 14.6. The topological polar surface area (TPSA) is 72.1 Å². The second kappa shape index (κ2) is 7.23. The predicted molar refractivity (Wildman–Crippen MR) is 93.7 cm³/mol. The molecule has 1 unspecified atom stereocenters. The van der Waals surface area contributed by atoms with Crippen LogP contribution in [-0.4, -0.2) is 48.8 Å². The van der Waals surface area contributed by atoms with Crippen LogP contribution in [0.4, 0.5) is 0 Å². The lowest BCUT2D eigenvalue weighted by atomic mass is 9.89. The Bertz CT molecular complexity index is 751. The van der Waals surface area contributed by atoms with E-state index in [2.05, 4.69) is 0 Å². The minimum absolute atomic E-state index is 0.127. The molecule has 26 heavy (non-hydrogen) atoms. The van der Waals surface area contributed by atoms with Crippen LogP contribution in [0.15, 0.2) is 47.1 Å². The molecule has 0 radical (unpaired) electrons. The van der Waals surface area contributed by atoms with Crippen LogP contribution < -0.4 is 0 Å². The zero-order valence-corrected chi connectivity index (χ0v) is 14.6. The fourth-order valence-electron chi connectivity index (χ4n) is 3.65. The molecule has 1 aromatic carbocycles. The van der Waals surface area contributed by atoms with E-state index >= 15 is 0 Å². The van der Waals surface area contributed by atoms with Gasteiger partial charge < -0.3 is 23.9 Å². The summed E-state index contributed by atoms with van der Waals surface area (Å²) in [6.07, 6.45) is 2.19. The second-order valence-electron chi connectivity index (χ2n) is 6.83. The van der Waals surface area contributed by atoms with Crippen molar-refractivity contribution in [3.63, 3.8) is 0 Å². The monoisotopic (exact) mass is 357 g/mol. The molecule has 2 aromatic rings. The first-order chi connectivity index (χ1) is 12.7. The fourth-order valence-corrected chi connectivity index (χ4v) is 3.65. The first kappa shape index (κ1) is 17.3. The van der Waals surface area contributed by atoms with Crippen molar-refractivity contribution in [1.29, 1.82) is 0 Å². The average Bonchev–Trinajstić information content (AvgIpc) is 3.20. The Hall–Kier alpha value is -2.15. The van der Waals surface area contributed by atoms with Crippen molar-refractivity contribution in [3.8, 4) is 0 Å². The van der Waals surface area contributed by atoms with Gasteiger partial charge in [-0.05, 0) is 11.6 Å². The molecule has 2 saturated heterocycles. The Morgan fingerprint density at radius 2 is 1.88 bits per heavy atom. The SMILES string of the molecule is O=C(c1ccoc1C1(O)CCOCC1)N1CCOC(c2ccccc2)C1. The number of morpholine rings is 1. The molecule has 6 nitrogen and oxygen atoms in total. The summed E-state index contributed by atoms with van der Waals surface area (Å²) in [4.78, 5) is 14.9. The van der Waals surface area contributed by atoms with Gasteiger partial charge in [0.1, 0.15) is 17.5 Å². The van der Waals surface area contributed by atoms with Gasteiger partial charge in [-0.2, -0.15) is 0 Å². The molecule has 2 aliphatic rings. The molecule has 1 N–H and O–H groups in total. The smallest absolute Gasteiger partial charge is 0.257 e. The summed E-state index contributed by atoms with van der Waals surface area (Å²) in [5, 5.41) is 10.9. The highest BCUT2D eigenvalue weighted by Crippen LogP contribution is 2.35. The van der Waals surface area contributed by atoms with Crippen molar-refractivity contribution in [1.82, 2.24) is 4.90 Å². The van der Waals surface area contributed by atoms with E-state index in [4.69, 9.17) is 13.9 Å². The van der Waals surface area contributed by atoms with Gasteiger partial charge in [-0.15, -0.1) is 0 Å². The van der Waals surface area contributed by atoms with Gasteiger partial charge in [-0.1, -0.05) is 30.3 Å². The molecule has 1 amide bonds. The van der Waals surface area contributed by atoms with Crippen LogP contribution in [0, 0.1) is 0 Å². The van der Waals surface area contributed by atoms with Gasteiger partial charge in [-0.25, -0.2) is 0 Å². The summed E-state index contributed by atoms with van der Waals surface area (Å²) >= 11 is 0. The number of rotatable bonds is 3. The molecule has 138 valence electrons. The molecule has 0 saturated carbocycles. The molecule has 0 spiro atoms. The molecule has 0 bridgehead atoms. The molecule has 0 aliphatic carbocycles. The third kappa shape index (κ3) is 3.28. The molecule has 3 heterocycles. The van der Waals surface area contributed by atoms with Crippen LogP contribution in [0.25, 0.3) is 0 Å². The zero-order chi connectivity index (χ0) is 18.0. The first-order valence-electron chi connectivity index (χ1n) is 9.01. The van der Waals surface area contributed by atoms with Gasteiger partial charge in [0.2, 0.25) is 0 Å². The fraction of sp³-hybridized carbons (Fsp3) is 0.450. The number of hydrogen-bond acceptors (Lipinski definition) is 5. The van der Waals surface area contributed by atoms with Crippen molar-refractivity contribution in [2.45, 2.75) is 24.5 Å². The maximum Gasteiger partial charge on any atom is 0.257 e. The number of benzene rings is 1. The molecule has 1 atom stereocenters. The van der Waals surface area contributed by atoms with Gasteiger partial charge in [0.25, 0.3) is 5.91 Å². The molecular formula is C20H23NO5. The Morgan fingerprint density at radius 3 is 2.65 bits per heavy atom. The lowest BCUT2D eigenvalue weighted by molar-refractivity contribution is -0.0807. The number of carbonyl (C=O) groups excluding carboxylic acids is 1. The standard InChI is InChI=1S/C20H23NO5/c22-19(16-6-10-26-18(16)20(23)7-11-24-12-8-20)21-9-13-25-17(14-21)15-4-2-1-3-5-15/h1-6,10,17,23H,7-9,11-14H2. The number of nitrogens with zero attached hydrogens (tertiary/aromatic N) is 1. The summed E-state index contributed by atoms with van der Waals surface area (Å²) < 4.78 is 16.7. The largest absolute Gasteiger partial charge is 0.465 e. The highest BCUT2D eigenvalue weighted by atomic mass is 16.5. The van der Waals surface area contributed by atoms with Crippen LogP contribution in [0.3, 0.4) is 0 Å². The van der Waals surface area contributed by atoms with Crippen molar-refractivity contribution in [3.05, 3.63) is 59.5 Å². The normalized spacial score (nSPS) is 23.0. The minimum Gasteiger partial charge on any atom is -0.465 e. The first-order valence-corrected chi connectivity index (χ1v) is 9.01. The summed E-state index contributed by atoms with van der Waals surface area (Å²) in [7, 11) is 0. The number of aliphatic hydroxyl groups is 1. The quantitative estimate of drug-likeness (QED) is 0.914. The van der Waals surface area contributed by atoms with Gasteiger partial charge in [0, 0.05) is 32.6 Å². The molecule has 1 aromatic heterocycles. The van der Waals surface area contributed by atoms with Crippen LogP contribution in [0.2, 0.25) is 0 Å². The Kier molecular flexibility index (Phi) is 4.80. The van der Waals surface area contributed by atoms with E-state index in [0.717, 1.165) is 5.56 Å². The van der Waals surface area contributed by atoms with E-state index < -0.39 is 5.60 Å². The Morgan fingerprint density at radius 1 is 1.12 bits per heavy atom. The van der Waals surface area contributed by atoms with Crippen LogP contribution >= 0.6 is 0 Å². The third-order valence-electron chi connectivity index (χ3n) is 5.16. The predicted octanol–water partition coefficient (Wildman–Crippen LogP) is 2.49. The van der Waals surface area contributed by atoms with Crippen LogP contribution in [0.1, 0.15) is 40.6 Å². The highest BCUT2D eigenvalue weighted by Gasteiger charge is 2.39. The van der Waals surface area contributed by atoms with E-state index in [1.807, 2.05) is 30.3 Å². The lowest BCUT2D eigenvalue weighted by Crippen LogP contribution is -2.43. The number of furan rings is 1. The maximum atomic E-state index is 13.1. The van der Waals surface area contributed by atoms with Gasteiger partial charge >= 0.3 is 0 Å². The summed E-state index contributed by atoms with van der Waals surface area (Å²) in [6.45, 7) is 2.40. The van der Waals surface area contributed by atoms with Gasteiger partial charge in [-0.3, -0.25) is 4.79 Å². The third-order valence-corrected chi connectivity index (χ3v) is 5.16. The minimum atomic E-state index is -1.14. The number of carbonyl (C=O) groups is 1. The average molecular weight is 357 g/mol. The molecular weight excluding hydrogens is 334 g/mol. The van der Waals surface area contributed by atoms with Crippen molar-refractivity contribution in [2.75, 3.05) is 32.9 Å². The van der Waals surface area contributed by atoms with E-state index in [1.165, 1.54) is 6.26 Å².